The first-order chi connectivity index (χ1) is 7.27. The highest BCUT2D eigenvalue weighted by atomic mass is 35.5. The van der Waals surface area contributed by atoms with Crippen molar-refractivity contribution in [3.63, 3.8) is 0 Å². The molecule has 2 heterocycles. The van der Waals surface area contributed by atoms with Gasteiger partial charge in [0.15, 0.2) is 5.58 Å². The summed E-state index contributed by atoms with van der Waals surface area (Å²) in [5.41, 5.74) is 2.52. The average Bonchev–Trinajstić information content (AvgIpc) is 2.64. The smallest absolute Gasteiger partial charge is 0.227 e. The molecule has 0 radical (unpaired) electrons. The van der Waals surface area contributed by atoms with Gasteiger partial charge in [-0.05, 0) is 18.2 Å². The normalized spacial score (nSPS) is 11.3. The van der Waals surface area contributed by atoms with Crippen LogP contribution in [0.2, 0.25) is 5.02 Å². The Hall–Kier alpha value is -1.48. The molecule has 0 bridgehead atoms. The maximum Gasteiger partial charge on any atom is 0.227 e. The molecular weight excluding hydrogens is 208 g/mol. The summed E-state index contributed by atoms with van der Waals surface area (Å²) in [5, 5.41) is 2.71. The van der Waals surface area contributed by atoms with Crippen molar-refractivity contribution >= 4 is 47.0 Å². The molecule has 3 aromatic rings. The van der Waals surface area contributed by atoms with Crippen molar-refractivity contribution in [2.45, 2.75) is 0 Å². The van der Waals surface area contributed by atoms with Gasteiger partial charge in [0.2, 0.25) is 5.71 Å². The summed E-state index contributed by atoms with van der Waals surface area (Å²) in [7, 11) is 2.04. The zero-order chi connectivity index (χ0) is 10.4. The van der Waals surface area contributed by atoms with Crippen LogP contribution in [0.1, 0.15) is 0 Å². The maximum absolute atomic E-state index is 6.08. The van der Waals surface area contributed by atoms with Crippen LogP contribution in [0.15, 0.2) is 34.9 Å². The van der Waals surface area contributed by atoms with E-state index in [2.05, 4.69) is 4.98 Å². The van der Waals surface area contributed by atoms with Crippen LogP contribution in [0.5, 0.6) is 0 Å². The van der Waals surface area contributed by atoms with E-state index >= 15 is 0 Å². The number of benzene rings is 1. The molecule has 2 nitrogen and oxygen atoms in total. The predicted octanol–water partition coefficient (Wildman–Crippen LogP) is 1.89. The fraction of sp³-hybridized carbons (Fsp3) is 0. The van der Waals surface area contributed by atoms with Crippen molar-refractivity contribution in [3.05, 3.63) is 35.5 Å². The minimum atomic E-state index is 0.633. The third-order valence-electron chi connectivity index (χ3n) is 2.56. The summed E-state index contributed by atoms with van der Waals surface area (Å²) in [6, 6.07) is 7.74. The number of nitrogens with zero attached hydrogens (tertiary/aromatic N) is 1. The Labute approximate surface area is 92.3 Å². The molecule has 0 atom stereocenters. The van der Waals surface area contributed by atoms with Crippen molar-refractivity contribution in [1.29, 1.82) is 0 Å². The third-order valence-corrected chi connectivity index (χ3v) is 2.85. The quantitative estimate of drug-likeness (QED) is 0.535. The Balaban J connectivity index is 2.66. The van der Waals surface area contributed by atoms with Gasteiger partial charge in [-0.25, -0.2) is 4.98 Å². The first kappa shape index (κ1) is 8.80. The van der Waals surface area contributed by atoms with Crippen LogP contribution < -0.4 is 5.46 Å². The molecule has 0 aliphatic heterocycles. The second kappa shape index (κ2) is 3.01. The summed E-state index contributed by atoms with van der Waals surface area (Å²) < 4.78 is 5.62. The van der Waals surface area contributed by atoms with Crippen molar-refractivity contribution in [1.82, 2.24) is 4.98 Å². The molecule has 2 aromatic heterocycles. The van der Waals surface area contributed by atoms with Gasteiger partial charge in [-0.1, -0.05) is 23.1 Å². The second-order valence-electron chi connectivity index (χ2n) is 3.53. The summed E-state index contributed by atoms with van der Waals surface area (Å²) in [6.07, 6.45) is 1.72. The van der Waals surface area contributed by atoms with Crippen molar-refractivity contribution in [2.75, 3.05) is 0 Å². The molecule has 4 heteroatoms. The highest BCUT2D eigenvalue weighted by Gasteiger charge is 2.11. The van der Waals surface area contributed by atoms with Crippen molar-refractivity contribution < 1.29 is 4.42 Å². The van der Waals surface area contributed by atoms with Gasteiger partial charge in [0.1, 0.15) is 7.85 Å². The van der Waals surface area contributed by atoms with Crippen LogP contribution >= 0.6 is 11.6 Å². The summed E-state index contributed by atoms with van der Waals surface area (Å²) in [4.78, 5) is 4.18. The Morgan fingerprint density at radius 2 is 2.13 bits per heavy atom. The van der Waals surface area contributed by atoms with E-state index < -0.39 is 0 Å². The molecule has 15 heavy (non-hydrogen) atoms. The number of hydrogen-bond acceptors (Lipinski definition) is 2. The van der Waals surface area contributed by atoms with Gasteiger partial charge in [-0.3, -0.25) is 0 Å². The minimum absolute atomic E-state index is 0.633. The fourth-order valence-electron chi connectivity index (χ4n) is 1.85. The standard InChI is InChI=1S/C11H7BClNO/c12-7-3-4-8(13)10-9(7)6-2-1-5-14-11(6)15-10/h1-5H,12H2. The van der Waals surface area contributed by atoms with Crippen LogP contribution in [0.4, 0.5) is 0 Å². The number of pyridine rings is 1. The van der Waals surface area contributed by atoms with Crippen LogP contribution in [0, 0.1) is 0 Å². The van der Waals surface area contributed by atoms with Crippen LogP contribution in [0.25, 0.3) is 22.1 Å². The van der Waals surface area contributed by atoms with Gasteiger partial charge < -0.3 is 4.42 Å². The summed E-state index contributed by atoms with van der Waals surface area (Å²) >= 11 is 6.08. The number of aromatic nitrogens is 1. The minimum Gasteiger partial charge on any atom is -0.436 e. The van der Waals surface area contributed by atoms with Gasteiger partial charge in [0.25, 0.3) is 0 Å². The molecule has 0 N–H and O–H groups in total. The van der Waals surface area contributed by atoms with E-state index in [1.165, 1.54) is 0 Å². The van der Waals surface area contributed by atoms with Gasteiger partial charge in [-0.15, -0.1) is 0 Å². The molecule has 0 aliphatic carbocycles. The first-order valence-corrected chi connectivity index (χ1v) is 5.07. The number of halogens is 1. The van der Waals surface area contributed by atoms with E-state index in [0.29, 0.717) is 10.7 Å². The Morgan fingerprint density at radius 3 is 3.00 bits per heavy atom. The van der Waals surface area contributed by atoms with Crippen molar-refractivity contribution in [2.24, 2.45) is 0 Å². The van der Waals surface area contributed by atoms with Gasteiger partial charge in [-0.2, -0.15) is 0 Å². The molecule has 0 unspecified atom stereocenters. The molecule has 0 spiro atoms. The number of hydrogen-bond donors (Lipinski definition) is 0. The molecule has 72 valence electrons. The fourth-order valence-corrected chi connectivity index (χ4v) is 2.05. The molecule has 3 rings (SSSR count). The van der Waals surface area contributed by atoms with E-state index in [1.807, 2.05) is 32.1 Å². The Bertz CT molecular complexity index is 662. The molecule has 1 aromatic carbocycles. The van der Waals surface area contributed by atoms with E-state index in [1.54, 1.807) is 6.20 Å². The lowest BCUT2D eigenvalue weighted by Gasteiger charge is -1.96. The molecule has 0 fully saturated rings. The molecule has 0 saturated carbocycles. The summed E-state index contributed by atoms with van der Waals surface area (Å²) in [6.45, 7) is 0. The second-order valence-corrected chi connectivity index (χ2v) is 3.93. The topological polar surface area (TPSA) is 26.0 Å². The molecule has 0 amide bonds. The lowest BCUT2D eigenvalue weighted by Crippen LogP contribution is -2.01. The lowest BCUT2D eigenvalue weighted by molar-refractivity contribution is 0.654. The van der Waals surface area contributed by atoms with Gasteiger partial charge in [0, 0.05) is 17.0 Å². The first-order valence-electron chi connectivity index (χ1n) is 4.70. The third kappa shape index (κ3) is 1.16. The highest BCUT2D eigenvalue weighted by Crippen LogP contribution is 2.30. The predicted molar refractivity (Wildman–Crippen MR) is 64.7 cm³/mol. The van der Waals surface area contributed by atoms with E-state index in [0.717, 1.165) is 21.8 Å². The summed E-state index contributed by atoms with van der Waals surface area (Å²) in [5.74, 6) is 0. The Morgan fingerprint density at radius 1 is 1.27 bits per heavy atom. The molecule has 0 aliphatic rings. The van der Waals surface area contributed by atoms with Gasteiger partial charge >= 0.3 is 0 Å². The molecular formula is C11H7BClNO. The Kier molecular flexibility index (Phi) is 1.76. The van der Waals surface area contributed by atoms with Gasteiger partial charge in [0.05, 0.1) is 5.02 Å². The van der Waals surface area contributed by atoms with E-state index in [4.69, 9.17) is 16.0 Å². The number of furan rings is 1. The monoisotopic (exact) mass is 215 g/mol. The zero-order valence-corrected chi connectivity index (χ0v) is 8.88. The average molecular weight is 215 g/mol. The zero-order valence-electron chi connectivity index (χ0n) is 8.12. The molecule has 0 saturated heterocycles. The van der Waals surface area contributed by atoms with Crippen LogP contribution in [-0.4, -0.2) is 12.8 Å². The van der Waals surface area contributed by atoms with Crippen LogP contribution in [0.3, 0.4) is 0 Å². The lowest BCUT2D eigenvalue weighted by atomic mass is 9.91. The van der Waals surface area contributed by atoms with E-state index in [-0.39, 0.29) is 0 Å². The number of fused-ring (bicyclic) bond motifs is 3. The number of rotatable bonds is 0. The highest BCUT2D eigenvalue weighted by molar-refractivity contribution is 6.44. The largest absolute Gasteiger partial charge is 0.436 e. The van der Waals surface area contributed by atoms with E-state index in [9.17, 15) is 0 Å². The van der Waals surface area contributed by atoms with Crippen LogP contribution in [-0.2, 0) is 0 Å². The SMILES string of the molecule is Bc1ccc(Cl)c2oc3ncccc3c12. The van der Waals surface area contributed by atoms with Crippen molar-refractivity contribution in [3.8, 4) is 0 Å². The maximum atomic E-state index is 6.08.